The number of benzene rings is 3. The van der Waals surface area contributed by atoms with E-state index in [-0.39, 0.29) is 23.7 Å². The first-order valence-electron chi connectivity index (χ1n) is 13.2. The number of hydrogen-bond acceptors (Lipinski definition) is 7. The van der Waals surface area contributed by atoms with E-state index >= 15 is 0 Å². The van der Waals surface area contributed by atoms with Crippen molar-refractivity contribution in [1.29, 1.82) is 0 Å². The first kappa shape index (κ1) is 27.2. The van der Waals surface area contributed by atoms with E-state index in [9.17, 15) is 19.7 Å². The lowest BCUT2D eigenvalue weighted by molar-refractivity contribution is -0.384. The molecule has 0 aliphatic carbocycles. The third kappa shape index (κ3) is 5.96. The predicted molar refractivity (Wildman–Crippen MR) is 157 cm³/mol. The number of nitro benzene ring substituents is 1. The highest BCUT2D eigenvalue weighted by molar-refractivity contribution is 6.13. The molecule has 0 saturated heterocycles. The van der Waals surface area contributed by atoms with Crippen LogP contribution in [0, 0.1) is 10.1 Å². The van der Waals surface area contributed by atoms with Gasteiger partial charge in [-0.3, -0.25) is 19.5 Å². The number of para-hydroxylation sites is 3. The number of non-ortho nitro benzene ring substituents is 1. The van der Waals surface area contributed by atoms with Crippen LogP contribution < -0.4 is 5.32 Å². The van der Waals surface area contributed by atoms with Crippen LogP contribution in [-0.4, -0.2) is 37.9 Å². The quantitative estimate of drug-likeness (QED) is 0.0694. The topological polar surface area (TPSA) is 129 Å². The minimum absolute atomic E-state index is 0.0888. The Bertz CT molecular complexity index is 1780. The summed E-state index contributed by atoms with van der Waals surface area (Å²) < 4.78 is 7.31. The lowest BCUT2D eigenvalue weighted by atomic mass is 10.2. The molecule has 1 amide bonds. The second-order valence-electron chi connectivity index (χ2n) is 9.30. The molecule has 206 valence electrons. The van der Waals surface area contributed by atoms with E-state index in [1.165, 1.54) is 30.4 Å². The Labute approximate surface area is 235 Å². The number of nitrogens with one attached hydrogen (secondary N) is 1. The molecular formula is C31H27N5O5. The van der Waals surface area contributed by atoms with Crippen LogP contribution in [0.2, 0.25) is 0 Å². The Morgan fingerprint density at radius 1 is 0.976 bits per heavy atom. The normalized spacial score (nSPS) is 11.2. The lowest BCUT2D eigenvalue weighted by Crippen LogP contribution is -2.16. The number of nitrogens with zero attached hydrogens (tertiary/aromatic N) is 4. The number of anilines is 1. The van der Waals surface area contributed by atoms with Gasteiger partial charge in [0.15, 0.2) is 5.65 Å². The standard InChI is InChI=1S/C31H27N5O5/c1-2-3-9-19-41-31(38)27-28-30(33-25-16-8-7-15-24(25)32-28)35(22-12-5-4-6-13-22)29(27)34-26(37)18-17-21-11-10-14-23(20-21)36(39)40/h4-8,10-18,20H,2-3,9,19H2,1H3,(H,34,37)/b18-17+. The second kappa shape index (κ2) is 12.2. The van der Waals surface area contributed by atoms with Crippen LogP contribution in [0.25, 0.3) is 34.0 Å². The molecule has 2 heterocycles. The summed E-state index contributed by atoms with van der Waals surface area (Å²) in [7, 11) is 0. The summed E-state index contributed by atoms with van der Waals surface area (Å²) >= 11 is 0. The summed E-state index contributed by atoms with van der Waals surface area (Å²) in [5.41, 5.74) is 3.03. The molecule has 3 aromatic carbocycles. The third-order valence-corrected chi connectivity index (χ3v) is 6.41. The molecule has 5 aromatic rings. The van der Waals surface area contributed by atoms with Gasteiger partial charge in [0.25, 0.3) is 5.69 Å². The number of nitro groups is 1. The molecule has 1 N–H and O–H groups in total. The minimum atomic E-state index is -0.622. The Hall–Kier alpha value is -5.38. The van der Waals surface area contributed by atoms with Crippen LogP contribution in [0.4, 0.5) is 11.5 Å². The maximum Gasteiger partial charge on any atom is 0.344 e. The monoisotopic (exact) mass is 549 g/mol. The number of carbonyl (C=O) groups is 2. The molecule has 10 nitrogen and oxygen atoms in total. The lowest BCUT2D eigenvalue weighted by Gasteiger charge is -2.12. The van der Waals surface area contributed by atoms with Gasteiger partial charge >= 0.3 is 5.97 Å². The number of ether oxygens (including phenoxy) is 1. The molecule has 0 aliphatic rings. The van der Waals surface area contributed by atoms with Gasteiger partial charge in [-0.1, -0.05) is 62.2 Å². The van der Waals surface area contributed by atoms with Crippen LogP contribution in [-0.2, 0) is 9.53 Å². The van der Waals surface area contributed by atoms with Crippen LogP contribution in [0.1, 0.15) is 42.1 Å². The maximum absolute atomic E-state index is 13.5. The number of amides is 1. The highest BCUT2D eigenvalue weighted by Gasteiger charge is 2.28. The van der Waals surface area contributed by atoms with Gasteiger partial charge in [-0.2, -0.15) is 0 Å². The van der Waals surface area contributed by atoms with Crippen molar-refractivity contribution in [2.24, 2.45) is 0 Å². The molecule has 2 aromatic heterocycles. The molecule has 0 fully saturated rings. The Morgan fingerprint density at radius 2 is 1.71 bits per heavy atom. The summed E-state index contributed by atoms with van der Waals surface area (Å²) in [4.78, 5) is 47.0. The number of rotatable bonds is 10. The summed E-state index contributed by atoms with van der Waals surface area (Å²) in [6, 6.07) is 22.4. The largest absolute Gasteiger partial charge is 0.462 e. The van der Waals surface area contributed by atoms with E-state index in [4.69, 9.17) is 14.7 Å². The van der Waals surface area contributed by atoms with Crippen molar-refractivity contribution in [3.8, 4) is 5.69 Å². The molecule has 0 spiro atoms. The van der Waals surface area contributed by atoms with E-state index in [2.05, 4.69) is 12.2 Å². The van der Waals surface area contributed by atoms with Crippen LogP contribution >= 0.6 is 0 Å². The Morgan fingerprint density at radius 3 is 2.44 bits per heavy atom. The van der Waals surface area contributed by atoms with Crippen molar-refractivity contribution < 1.29 is 19.2 Å². The van der Waals surface area contributed by atoms with Gasteiger partial charge in [-0.05, 0) is 42.3 Å². The van der Waals surface area contributed by atoms with E-state index in [0.29, 0.717) is 39.9 Å². The molecular weight excluding hydrogens is 522 g/mol. The SMILES string of the molecule is CCCCCOC(=O)c1c(NC(=O)/C=C/c2cccc([N+](=O)[O-])c2)n(-c2ccccc2)c2nc3ccccc3nc12. The molecule has 0 saturated carbocycles. The molecule has 5 rings (SSSR count). The molecule has 41 heavy (non-hydrogen) atoms. The van der Waals surface area contributed by atoms with Crippen molar-refractivity contribution in [2.45, 2.75) is 26.2 Å². The van der Waals surface area contributed by atoms with Crippen molar-refractivity contribution in [3.05, 3.63) is 106 Å². The van der Waals surface area contributed by atoms with Gasteiger partial charge in [0.1, 0.15) is 16.9 Å². The van der Waals surface area contributed by atoms with Gasteiger partial charge in [0, 0.05) is 23.9 Å². The van der Waals surface area contributed by atoms with Gasteiger partial charge in [0.05, 0.1) is 22.6 Å². The Balaban J connectivity index is 1.63. The third-order valence-electron chi connectivity index (χ3n) is 6.41. The fourth-order valence-corrected chi connectivity index (χ4v) is 4.45. The van der Waals surface area contributed by atoms with Gasteiger partial charge in [-0.15, -0.1) is 0 Å². The highest BCUT2D eigenvalue weighted by atomic mass is 16.6. The van der Waals surface area contributed by atoms with E-state index in [0.717, 1.165) is 12.8 Å². The van der Waals surface area contributed by atoms with Crippen LogP contribution in [0.3, 0.4) is 0 Å². The smallest absolute Gasteiger partial charge is 0.344 e. The fraction of sp³-hybridized carbons (Fsp3) is 0.161. The average molecular weight is 550 g/mol. The Kier molecular flexibility index (Phi) is 8.10. The minimum Gasteiger partial charge on any atom is -0.462 e. The molecule has 0 atom stereocenters. The number of esters is 1. The van der Waals surface area contributed by atoms with Gasteiger partial charge < -0.3 is 10.1 Å². The van der Waals surface area contributed by atoms with Crippen molar-refractivity contribution in [1.82, 2.24) is 14.5 Å². The number of fused-ring (bicyclic) bond motifs is 2. The molecule has 0 aliphatic heterocycles. The molecule has 0 radical (unpaired) electrons. The molecule has 0 unspecified atom stereocenters. The van der Waals surface area contributed by atoms with Crippen molar-refractivity contribution >= 4 is 51.7 Å². The van der Waals surface area contributed by atoms with Gasteiger partial charge in [-0.25, -0.2) is 14.8 Å². The zero-order valence-electron chi connectivity index (χ0n) is 22.3. The van der Waals surface area contributed by atoms with Crippen molar-refractivity contribution in [2.75, 3.05) is 11.9 Å². The summed E-state index contributed by atoms with van der Waals surface area (Å²) in [5, 5.41) is 14.0. The van der Waals surface area contributed by atoms with Crippen LogP contribution in [0.15, 0.2) is 84.9 Å². The first-order chi connectivity index (χ1) is 20.0. The van der Waals surface area contributed by atoms with Gasteiger partial charge in [0.2, 0.25) is 5.91 Å². The zero-order chi connectivity index (χ0) is 28.8. The van der Waals surface area contributed by atoms with E-state index in [1.54, 1.807) is 16.7 Å². The predicted octanol–water partition coefficient (Wildman–Crippen LogP) is 6.48. The fourth-order valence-electron chi connectivity index (χ4n) is 4.45. The van der Waals surface area contributed by atoms with E-state index < -0.39 is 16.8 Å². The molecule has 10 heteroatoms. The highest BCUT2D eigenvalue weighted by Crippen LogP contribution is 2.33. The summed E-state index contributed by atoms with van der Waals surface area (Å²) in [6.45, 7) is 2.29. The number of carbonyl (C=O) groups excluding carboxylic acids is 2. The second-order valence-corrected chi connectivity index (χ2v) is 9.30. The molecule has 0 bridgehead atoms. The maximum atomic E-state index is 13.5. The van der Waals surface area contributed by atoms with Crippen molar-refractivity contribution in [3.63, 3.8) is 0 Å². The summed E-state index contributed by atoms with van der Waals surface area (Å²) in [5.74, 6) is -1.01. The average Bonchev–Trinajstić information content (AvgIpc) is 3.29. The first-order valence-corrected chi connectivity index (χ1v) is 13.2. The number of unbranched alkanes of at least 4 members (excludes halogenated alkanes) is 2. The number of hydrogen-bond donors (Lipinski definition) is 1. The zero-order valence-corrected chi connectivity index (χ0v) is 22.3. The van der Waals surface area contributed by atoms with Crippen LogP contribution in [0.5, 0.6) is 0 Å². The van der Waals surface area contributed by atoms with E-state index in [1.807, 2.05) is 48.5 Å². The summed E-state index contributed by atoms with van der Waals surface area (Å²) in [6.07, 6.45) is 5.31. The number of aromatic nitrogens is 3.